The van der Waals surface area contributed by atoms with Crippen LogP contribution in [0.15, 0.2) is 18.2 Å². The summed E-state index contributed by atoms with van der Waals surface area (Å²) in [5, 5.41) is 10.2. The Bertz CT molecular complexity index is 503. The van der Waals surface area contributed by atoms with E-state index >= 15 is 0 Å². The lowest BCUT2D eigenvalue weighted by molar-refractivity contribution is -0.0958. The lowest BCUT2D eigenvalue weighted by Gasteiger charge is -2.47. The van der Waals surface area contributed by atoms with Gasteiger partial charge in [0.15, 0.2) is 0 Å². The molecular formula is C14H18N2O2. The standard InChI is InChI=1S/C14H18N2O2/c1-9-6-11(15)4-5-12(9)13(17)16-7-14(18,8-16)10-2-3-10/h4-6,10,18H,2-3,7-8,15H2,1H3. The zero-order valence-electron chi connectivity index (χ0n) is 10.5. The molecule has 0 unspecified atom stereocenters. The summed E-state index contributed by atoms with van der Waals surface area (Å²) in [6.45, 7) is 2.83. The van der Waals surface area contributed by atoms with E-state index in [-0.39, 0.29) is 5.91 Å². The first kappa shape index (κ1) is 11.5. The molecule has 1 aliphatic carbocycles. The maximum Gasteiger partial charge on any atom is 0.254 e. The normalized spacial score (nSPS) is 21.6. The number of carbonyl (C=O) groups excluding carboxylic acids is 1. The third-order valence-corrected chi connectivity index (χ3v) is 4.03. The maximum absolute atomic E-state index is 12.3. The first-order valence-electron chi connectivity index (χ1n) is 6.37. The van der Waals surface area contributed by atoms with E-state index in [4.69, 9.17) is 5.73 Å². The number of anilines is 1. The molecule has 0 radical (unpaired) electrons. The Kier molecular flexibility index (Phi) is 2.38. The zero-order valence-corrected chi connectivity index (χ0v) is 10.5. The monoisotopic (exact) mass is 246 g/mol. The number of hydrogen-bond donors (Lipinski definition) is 2. The van der Waals surface area contributed by atoms with Crippen molar-refractivity contribution in [1.29, 1.82) is 0 Å². The van der Waals surface area contributed by atoms with Crippen molar-refractivity contribution >= 4 is 11.6 Å². The molecule has 2 aliphatic rings. The fourth-order valence-corrected chi connectivity index (χ4v) is 2.73. The van der Waals surface area contributed by atoms with Gasteiger partial charge in [-0.05, 0) is 49.4 Å². The highest BCUT2D eigenvalue weighted by Crippen LogP contribution is 2.44. The van der Waals surface area contributed by atoms with Crippen LogP contribution in [0.4, 0.5) is 5.69 Å². The Morgan fingerprint density at radius 2 is 2.11 bits per heavy atom. The lowest BCUT2D eigenvalue weighted by atomic mass is 9.88. The van der Waals surface area contributed by atoms with E-state index in [1.807, 2.05) is 6.92 Å². The molecule has 1 amide bonds. The van der Waals surface area contributed by atoms with Crippen molar-refractivity contribution in [3.63, 3.8) is 0 Å². The molecule has 0 spiro atoms. The second-order valence-electron chi connectivity index (χ2n) is 5.61. The summed E-state index contributed by atoms with van der Waals surface area (Å²) < 4.78 is 0. The second kappa shape index (κ2) is 3.72. The van der Waals surface area contributed by atoms with Gasteiger partial charge in [-0.25, -0.2) is 0 Å². The summed E-state index contributed by atoms with van der Waals surface area (Å²) >= 11 is 0. The molecule has 1 aromatic carbocycles. The van der Waals surface area contributed by atoms with Crippen molar-refractivity contribution in [3.8, 4) is 0 Å². The summed E-state index contributed by atoms with van der Waals surface area (Å²) in [5.74, 6) is 0.409. The van der Waals surface area contributed by atoms with Gasteiger partial charge in [-0.15, -0.1) is 0 Å². The van der Waals surface area contributed by atoms with Crippen molar-refractivity contribution in [2.45, 2.75) is 25.4 Å². The van der Waals surface area contributed by atoms with Crippen LogP contribution in [0.5, 0.6) is 0 Å². The quantitative estimate of drug-likeness (QED) is 0.770. The number of likely N-dealkylation sites (tertiary alicyclic amines) is 1. The molecular weight excluding hydrogens is 228 g/mol. The highest BCUT2D eigenvalue weighted by atomic mass is 16.3. The van der Waals surface area contributed by atoms with Crippen LogP contribution in [0, 0.1) is 12.8 Å². The van der Waals surface area contributed by atoms with Crippen LogP contribution < -0.4 is 5.73 Å². The highest BCUT2D eigenvalue weighted by molar-refractivity contribution is 5.96. The van der Waals surface area contributed by atoms with Crippen LogP contribution in [-0.4, -0.2) is 34.6 Å². The second-order valence-corrected chi connectivity index (χ2v) is 5.61. The summed E-state index contributed by atoms with van der Waals surface area (Å²) in [7, 11) is 0. The predicted molar refractivity (Wildman–Crippen MR) is 69.2 cm³/mol. The average Bonchev–Trinajstić information content (AvgIpc) is 3.08. The number of nitrogens with zero attached hydrogens (tertiary/aromatic N) is 1. The molecule has 1 aliphatic heterocycles. The third kappa shape index (κ3) is 1.77. The number of β-amino-alcohol motifs (C(OH)–C–C–N with tert-alkyl or cyclic N) is 1. The van der Waals surface area contributed by atoms with Crippen molar-refractivity contribution in [2.75, 3.05) is 18.8 Å². The fraction of sp³-hybridized carbons (Fsp3) is 0.500. The van der Waals surface area contributed by atoms with Gasteiger partial charge in [-0.2, -0.15) is 0 Å². The van der Waals surface area contributed by atoms with Crippen molar-refractivity contribution < 1.29 is 9.90 Å². The van der Waals surface area contributed by atoms with E-state index in [2.05, 4.69) is 0 Å². The van der Waals surface area contributed by atoms with Gasteiger partial charge in [-0.3, -0.25) is 4.79 Å². The number of rotatable bonds is 2. The summed E-state index contributed by atoms with van der Waals surface area (Å²) in [4.78, 5) is 14.0. The number of nitrogens with two attached hydrogens (primary N) is 1. The van der Waals surface area contributed by atoms with Crippen LogP contribution >= 0.6 is 0 Å². The smallest absolute Gasteiger partial charge is 0.254 e. The highest BCUT2D eigenvalue weighted by Gasteiger charge is 2.53. The predicted octanol–water partition coefficient (Wildman–Crippen LogP) is 1.17. The average molecular weight is 246 g/mol. The number of carbonyl (C=O) groups is 1. The van der Waals surface area contributed by atoms with Crippen molar-refractivity contribution in [1.82, 2.24) is 4.90 Å². The molecule has 1 aromatic rings. The van der Waals surface area contributed by atoms with E-state index in [0.717, 1.165) is 18.4 Å². The first-order chi connectivity index (χ1) is 8.49. The molecule has 1 heterocycles. The molecule has 3 N–H and O–H groups in total. The Labute approximate surface area is 106 Å². The van der Waals surface area contributed by atoms with Crippen LogP contribution in [0.25, 0.3) is 0 Å². The van der Waals surface area contributed by atoms with Crippen LogP contribution in [0.1, 0.15) is 28.8 Å². The van der Waals surface area contributed by atoms with E-state index in [1.165, 1.54) is 0 Å². The number of nitrogen functional groups attached to an aromatic ring is 1. The number of amides is 1. The SMILES string of the molecule is Cc1cc(N)ccc1C(=O)N1CC(O)(C2CC2)C1. The van der Waals surface area contributed by atoms with Gasteiger partial charge in [0.05, 0.1) is 13.1 Å². The van der Waals surface area contributed by atoms with Crippen LogP contribution in [0.2, 0.25) is 0 Å². The van der Waals surface area contributed by atoms with Crippen LogP contribution in [0.3, 0.4) is 0 Å². The number of aryl methyl sites for hydroxylation is 1. The van der Waals surface area contributed by atoms with E-state index in [0.29, 0.717) is 30.3 Å². The van der Waals surface area contributed by atoms with E-state index in [9.17, 15) is 9.90 Å². The zero-order chi connectivity index (χ0) is 12.9. The molecule has 1 saturated carbocycles. The van der Waals surface area contributed by atoms with Crippen LogP contribution in [-0.2, 0) is 0 Å². The summed E-state index contributed by atoms with van der Waals surface area (Å²) in [6, 6.07) is 5.31. The Morgan fingerprint density at radius 1 is 1.44 bits per heavy atom. The van der Waals surface area contributed by atoms with E-state index < -0.39 is 5.60 Å². The lowest BCUT2D eigenvalue weighted by Crippen LogP contribution is -2.64. The molecule has 4 heteroatoms. The molecule has 0 bridgehead atoms. The van der Waals surface area contributed by atoms with Gasteiger partial charge in [0, 0.05) is 11.3 Å². The molecule has 0 atom stereocenters. The van der Waals surface area contributed by atoms with Gasteiger partial charge in [-0.1, -0.05) is 0 Å². The van der Waals surface area contributed by atoms with E-state index in [1.54, 1.807) is 23.1 Å². The minimum atomic E-state index is -0.614. The minimum absolute atomic E-state index is 0.00201. The summed E-state index contributed by atoms with van der Waals surface area (Å²) in [5.41, 5.74) is 7.30. The third-order valence-electron chi connectivity index (χ3n) is 4.03. The molecule has 0 aromatic heterocycles. The topological polar surface area (TPSA) is 66.6 Å². The first-order valence-corrected chi connectivity index (χ1v) is 6.37. The number of hydrogen-bond acceptors (Lipinski definition) is 3. The molecule has 3 rings (SSSR count). The van der Waals surface area contributed by atoms with Gasteiger partial charge in [0.1, 0.15) is 5.60 Å². The summed E-state index contributed by atoms with van der Waals surface area (Å²) in [6.07, 6.45) is 2.19. The van der Waals surface area contributed by atoms with Gasteiger partial charge in [0.2, 0.25) is 0 Å². The van der Waals surface area contributed by atoms with Gasteiger partial charge < -0.3 is 15.7 Å². The number of benzene rings is 1. The Balaban J connectivity index is 1.72. The van der Waals surface area contributed by atoms with Crippen molar-refractivity contribution in [3.05, 3.63) is 29.3 Å². The molecule has 2 fully saturated rings. The Hall–Kier alpha value is -1.55. The van der Waals surface area contributed by atoms with Crippen molar-refractivity contribution in [2.24, 2.45) is 5.92 Å². The maximum atomic E-state index is 12.3. The van der Waals surface area contributed by atoms with Gasteiger partial charge in [0.25, 0.3) is 5.91 Å². The van der Waals surface area contributed by atoms with Gasteiger partial charge >= 0.3 is 0 Å². The molecule has 4 nitrogen and oxygen atoms in total. The number of aliphatic hydroxyl groups is 1. The molecule has 96 valence electrons. The molecule has 1 saturated heterocycles. The fourth-order valence-electron chi connectivity index (χ4n) is 2.73. The minimum Gasteiger partial charge on any atom is -0.399 e. The molecule has 18 heavy (non-hydrogen) atoms. The Morgan fingerprint density at radius 3 is 2.67 bits per heavy atom. The largest absolute Gasteiger partial charge is 0.399 e.